The van der Waals surface area contributed by atoms with Crippen LogP contribution in [0.2, 0.25) is 0 Å². The highest BCUT2D eigenvalue weighted by Gasteiger charge is 2.17. The predicted molar refractivity (Wildman–Crippen MR) is 271 cm³/mol. The lowest BCUT2D eigenvalue weighted by Gasteiger charge is -2.30. The van der Waals surface area contributed by atoms with Crippen molar-refractivity contribution in [1.29, 1.82) is 0 Å². The third-order valence-electron chi connectivity index (χ3n) is 12.8. The number of aromatic nitrogens is 4. The number of unbranched alkanes of at least 4 members (excludes halogenated alkanes) is 8. The van der Waals surface area contributed by atoms with Crippen LogP contribution in [-0.4, -0.2) is 96.5 Å². The Balaban J connectivity index is 1.06. The number of hydrogen-bond donors (Lipinski definition) is 2. The fourth-order valence-corrected chi connectivity index (χ4v) is 8.96. The molecule has 5 aromatic rings. The molecule has 0 atom stereocenters. The Bertz CT molecular complexity index is 2490. The molecule has 0 unspecified atom stereocenters. The first kappa shape index (κ1) is 46.5. The Morgan fingerprint density at radius 2 is 0.844 bits per heavy atom. The van der Waals surface area contributed by atoms with Gasteiger partial charge in [-0.2, -0.15) is 0 Å². The maximum atomic E-state index is 6.28. The van der Waals surface area contributed by atoms with E-state index >= 15 is 0 Å². The first-order valence-corrected chi connectivity index (χ1v) is 24.3. The van der Waals surface area contributed by atoms with Gasteiger partial charge in [-0.15, -0.1) is 0 Å². The quantitative estimate of drug-likeness (QED) is 0.0469. The van der Waals surface area contributed by atoms with Gasteiger partial charge in [0.05, 0.1) is 90.4 Å². The molecule has 0 saturated heterocycles. The van der Waals surface area contributed by atoms with E-state index in [9.17, 15) is 0 Å². The first-order chi connectivity index (χ1) is 31.1. The number of H-pyrrole nitrogens is 2. The van der Waals surface area contributed by atoms with Crippen LogP contribution in [0.4, 0.5) is 0 Å². The summed E-state index contributed by atoms with van der Waals surface area (Å²) in [6.07, 6.45) is 23.9. The molecule has 5 heterocycles. The van der Waals surface area contributed by atoms with Gasteiger partial charge in [0, 0.05) is 46.0 Å². The van der Waals surface area contributed by atoms with Gasteiger partial charge in [-0.05, 0) is 115 Å². The van der Waals surface area contributed by atoms with E-state index in [2.05, 4.69) is 161 Å². The van der Waals surface area contributed by atoms with Crippen molar-refractivity contribution in [2.24, 2.45) is 0 Å². The zero-order chi connectivity index (χ0) is 44.8. The normalized spacial score (nSPS) is 12.6. The lowest BCUT2D eigenvalue weighted by atomic mass is 10.0. The van der Waals surface area contributed by atoms with E-state index in [0.29, 0.717) is 13.2 Å². The lowest BCUT2D eigenvalue weighted by molar-refractivity contribution is -0.890. The van der Waals surface area contributed by atoms with E-state index in [-0.39, 0.29) is 0 Å². The zero-order valence-corrected chi connectivity index (χ0v) is 39.7. The molecule has 0 amide bonds. The molecule has 0 saturated carbocycles. The number of fused-ring (bicyclic) bond motifs is 8. The van der Waals surface area contributed by atoms with Crippen molar-refractivity contribution in [2.75, 3.05) is 67.6 Å². The second-order valence-corrected chi connectivity index (χ2v) is 19.3. The number of ether oxygens (including phenoxy) is 2. The van der Waals surface area contributed by atoms with Crippen LogP contribution in [0.15, 0.2) is 84.9 Å². The molecule has 8 nitrogen and oxygen atoms in total. The van der Waals surface area contributed by atoms with Crippen molar-refractivity contribution >= 4 is 46.4 Å². The predicted octanol–water partition coefficient (Wildman–Crippen LogP) is 13.6. The number of hydrogen-bond acceptors (Lipinski definition) is 4. The summed E-state index contributed by atoms with van der Waals surface area (Å²) in [4.78, 5) is 17.7. The fraction of sp³-hybridized carbons (Fsp3) is 0.429. The zero-order valence-electron chi connectivity index (χ0n) is 39.7. The Hall–Kier alpha value is -5.44. The Morgan fingerprint density at radius 1 is 0.438 bits per heavy atom. The van der Waals surface area contributed by atoms with Gasteiger partial charge >= 0.3 is 0 Å². The molecule has 8 bridgehead atoms. The second kappa shape index (κ2) is 22.5. The van der Waals surface area contributed by atoms with Crippen LogP contribution in [0.3, 0.4) is 0 Å². The van der Waals surface area contributed by atoms with Crippen molar-refractivity contribution in [3.63, 3.8) is 0 Å². The van der Waals surface area contributed by atoms with E-state index in [1.54, 1.807) is 0 Å². The minimum atomic E-state index is 0.708. The molecule has 0 fully saturated rings. The lowest BCUT2D eigenvalue weighted by Crippen LogP contribution is -2.41. The molecule has 3 aromatic heterocycles. The summed E-state index contributed by atoms with van der Waals surface area (Å²) < 4.78 is 14.6. The van der Waals surface area contributed by atoms with Crippen molar-refractivity contribution in [3.05, 3.63) is 108 Å². The summed E-state index contributed by atoms with van der Waals surface area (Å²) in [5, 5.41) is 0. The molecule has 7 rings (SSSR count). The van der Waals surface area contributed by atoms with Gasteiger partial charge in [0.25, 0.3) is 0 Å². The highest BCUT2D eigenvalue weighted by atomic mass is 16.5. The van der Waals surface area contributed by atoms with Gasteiger partial charge in [-0.1, -0.05) is 83.1 Å². The topological polar surface area (TPSA) is 75.8 Å². The van der Waals surface area contributed by atoms with Gasteiger partial charge in [0.1, 0.15) is 11.5 Å². The van der Waals surface area contributed by atoms with E-state index in [1.165, 1.54) is 77.3 Å². The molecule has 0 radical (unpaired) electrons. The summed E-state index contributed by atoms with van der Waals surface area (Å²) in [5.41, 5.74) is 11.8. The molecule has 64 heavy (non-hydrogen) atoms. The number of benzene rings is 2. The van der Waals surface area contributed by atoms with Crippen molar-refractivity contribution in [3.8, 4) is 33.8 Å². The number of rotatable bonds is 24. The van der Waals surface area contributed by atoms with E-state index in [0.717, 1.165) is 113 Å². The highest BCUT2D eigenvalue weighted by Crippen LogP contribution is 2.34. The van der Waals surface area contributed by atoms with Gasteiger partial charge < -0.3 is 28.4 Å². The minimum Gasteiger partial charge on any atom is -0.493 e. The molecule has 338 valence electrons. The number of quaternary nitrogens is 2. The van der Waals surface area contributed by atoms with Gasteiger partial charge in [0.2, 0.25) is 0 Å². The summed E-state index contributed by atoms with van der Waals surface area (Å²) >= 11 is 0. The fourth-order valence-electron chi connectivity index (χ4n) is 8.96. The average Bonchev–Trinajstić information content (AvgIpc) is 4.13. The van der Waals surface area contributed by atoms with Gasteiger partial charge in [-0.3, -0.25) is 0 Å². The maximum Gasteiger partial charge on any atom is 0.119 e. The van der Waals surface area contributed by atoms with Crippen LogP contribution < -0.4 is 9.47 Å². The summed E-state index contributed by atoms with van der Waals surface area (Å²) in [7, 11) is 9.35. The van der Waals surface area contributed by atoms with Crippen molar-refractivity contribution in [1.82, 2.24) is 19.9 Å². The third-order valence-corrected chi connectivity index (χ3v) is 12.8. The Morgan fingerprint density at radius 3 is 1.30 bits per heavy atom. The standard InChI is InChI=1S/C56H74N6O2/c1-7-9-11-12-13-14-15-16-36-62(5,6)38-18-40-64-50-29-21-44(22-30-50)56-53-33-25-47(59-53)41-45-23-31-51(57-45)55(52-32-24-46(58-52)42-48-26-34-54(56)60-48)43-19-27-49(28-20-43)63-39-17-37-61(3,4)35-10-8-2/h19-34,41-42,57,60H,7-18,35-40H2,1-6H3/q+2. The van der Waals surface area contributed by atoms with Crippen LogP contribution in [0.1, 0.15) is 114 Å². The molecular formula is C56H74N6O2+2. The molecule has 2 aliphatic rings. The molecule has 0 aliphatic carbocycles. The molecule has 8 heteroatoms. The molecule has 2 N–H and O–H groups in total. The second-order valence-electron chi connectivity index (χ2n) is 19.3. The van der Waals surface area contributed by atoms with E-state index < -0.39 is 0 Å². The first-order valence-electron chi connectivity index (χ1n) is 24.3. The Kier molecular flexibility index (Phi) is 16.3. The van der Waals surface area contributed by atoms with Crippen LogP contribution in [0, 0.1) is 0 Å². The molecule has 2 aliphatic heterocycles. The smallest absolute Gasteiger partial charge is 0.119 e. The van der Waals surface area contributed by atoms with Gasteiger partial charge in [0.15, 0.2) is 0 Å². The maximum absolute atomic E-state index is 6.28. The third kappa shape index (κ3) is 13.3. The SMILES string of the molecule is CCCCCCCCCC[N+](C)(C)CCCOc1ccc(-c2c3nc(cc4ccc([nH]4)c(-c4ccc(OCCC[N+](C)(C)CCCC)cc4)c4nc(cc5ccc2[nH]5)C=C4)C=C3)cc1. The largest absolute Gasteiger partial charge is 0.493 e. The van der Waals surface area contributed by atoms with Crippen molar-refractivity contribution in [2.45, 2.75) is 90.9 Å². The highest BCUT2D eigenvalue weighted by molar-refractivity contribution is 5.93. The summed E-state index contributed by atoms with van der Waals surface area (Å²) in [5.74, 6) is 1.78. The summed E-state index contributed by atoms with van der Waals surface area (Å²) in [6.45, 7) is 10.6. The van der Waals surface area contributed by atoms with E-state index in [1.807, 2.05) is 0 Å². The van der Waals surface area contributed by atoms with Crippen LogP contribution in [0.25, 0.3) is 68.6 Å². The van der Waals surface area contributed by atoms with Crippen LogP contribution in [-0.2, 0) is 0 Å². The number of aromatic amines is 2. The average molecular weight is 863 g/mol. The van der Waals surface area contributed by atoms with Crippen molar-refractivity contribution < 1.29 is 18.4 Å². The molecule has 2 aromatic carbocycles. The van der Waals surface area contributed by atoms with E-state index in [4.69, 9.17) is 19.4 Å². The Labute approximate surface area is 383 Å². The van der Waals surface area contributed by atoms with Crippen LogP contribution >= 0.6 is 0 Å². The molecule has 0 spiro atoms. The number of nitrogens with zero attached hydrogens (tertiary/aromatic N) is 4. The summed E-state index contributed by atoms with van der Waals surface area (Å²) in [6, 6.07) is 29.7. The monoisotopic (exact) mass is 863 g/mol. The van der Waals surface area contributed by atoms with Crippen LogP contribution in [0.5, 0.6) is 11.5 Å². The minimum absolute atomic E-state index is 0.708. The number of nitrogens with one attached hydrogen (secondary N) is 2. The van der Waals surface area contributed by atoms with Gasteiger partial charge in [-0.25, -0.2) is 9.97 Å². The molecular weight excluding hydrogens is 789 g/mol.